The molecule has 0 N–H and O–H groups in total. The Morgan fingerprint density at radius 1 is 1.17 bits per heavy atom. The van der Waals surface area contributed by atoms with Crippen molar-refractivity contribution in [3.8, 4) is 0 Å². The van der Waals surface area contributed by atoms with Crippen LogP contribution in [0.15, 0.2) is 0 Å². The lowest BCUT2D eigenvalue weighted by Crippen LogP contribution is -2.17. The zero-order chi connectivity index (χ0) is 8.65. The summed E-state index contributed by atoms with van der Waals surface area (Å²) in [5.41, 5.74) is 0. The minimum Gasteiger partial charge on any atom is -0.381 e. The number of hydrogen-bond acceptors (Lipinski definition) is 1. The van der Waals surface area contributed by atoms with E-state index in [0.717, 1.165) is 38.4 Å². The van der Waals surface area contributed by atoms with Crippen LogP contribution in [0, 0.1) is 5.92 Å². The zero-order valence-corrected chi connectivity index (χ0v) is 7.76. The molecule has 0 aromatic heterocycles. The Morgan fingerprint density at radius 3 is 2.58 bits per heavy atom. The standard InChI is InChI=1S/C10H19O2/c11-7-2-1-3-8-12-9-10-5-4-6-10/h10H,1-9H2. The molecule has 1 saturated carbocycles. The van der Waals surface area contributed by atoms with Gasteiger partial charge in [-0.05, 0) is 38.0 Å². The Morgan fingerprint density at radius 2 is 2.00 bits per heavy atom. The number of hydrogen-bond donors (Lipinski definition) is 0. The van der Waals surface area contributed by atoms with Gasteiger partial charge in [0.05, 0.1) is 6.61 Å². The molecule has 0 aromatic carbocycles. The second-order valence-electron chi connectivity index (χ2n) is 3.64. The summed E-state index contributed by atoms with van der Waals surface area (Å²) in [4.78, 5) is 0. The van der Waals surface area contributed by atoms with Crippen molar-refractivity contribution in [3.63, 3.8) is 0 Å². The van der Waals surface area contributed by atoms with Crippen molar-refractivity contribution in [3.05, 3.63) is 0 Å². The van der Waals surface area contributed by atoms with Gasteiger partial charge in [0.15, 0.2) is 0 Å². The van der Waals surface area contributed by atoms with E-state index in [4.69, 9.17) is 4.74 Å². The van der Waals surface area contributed by atoms with Crippen molar-refractivity contribution >= 4 is 0 Å². The van der Waals surface area contributed by atoms with Gasteiger partial charge in [0.2, 0.25) is 0 Å². The highest BCUT2D eigenvalue weighted by Gasteiger charge is 2.16. The molecule has 2 nitrogen and oxygen atoms in total. The summed E-state index contributed by atoms with van der Waals surface area (Å²) in [6, 6.07) is 0. The Balaban J connectivity index is 1.70. The average Bonchev–Trinajstić information content (AvgIpc) is 2.00. The lowest BCUT2D eigenvalue weighted by Gasteiger charge is -2.24. The van der Waals surface area contributed by atoms with Crippen LogP contribution in [-0.2, 0) is 9.84 Å². The molecule has 0 aliphatic heterocycles. The van der Waals surface area contributed by atoms with Crippen LogP contribution in [0.4, 0.5) is 0 Å². The summed E-state index contributed by atoms with van der Waals surface area (Å²) in [5.74, 6) is 0.851. The number of ether oxygens (including phenoxy) is 1. The highest BCUT2D eigenvalue weighted by Crippen LogP contribution is 2.26. The van der Waals surface area contributed by atoms with Gasteiger partial charge in [0.25, 0.3) is 0 Å². The smallest absolute Gasteiger partial charge is 0.0822 e. The van der Waals surface area contributed by atoms with E-state index in [0.29, 0.717) is 0 Å². The molecule has 1 fully saturated rings. The van der Waals surface area contributed by atoms with Gasteiger partial charge in [-0.25, -0.2) is 5.11 Å². The summed E-state index contributed by atoms with van der Waals surface area (Å²) < 4.78 is 5.48. The van der Waals surface area contributed by atoms with Gasteiger partial charge in [-0.2, -0.15) is 0 Å². The first-order valence-corrected chi connectivity index (χ1v) is 5.09. The van der Waals surface area contributed by atoms with Crippen LogP contribution in [0.2, 0.25) is 0 Å². The van der Waals surface area contributed by atoms with Crippen molar-refractivity contribution < 1.29 is 9.84 Å². The van der Waals surface area contributed by atoms with Crippen molar-refractivity contribution in [1.82, 2.24) is 0 Å². The van der Waals surface area contributed by atoms with Crippen molar-refractivity contribution in [2.75, 3.05) is 19.8 Å². The third-order valence-corrected chi connectivity index (χ3v) is 2.51. The van der Waals surface area contributed by atoms with E-state index in [1.54, 1.807) is 0 Å². The fourth-order valence-corrected chi connectivity index (χ4v) is 1.39. The second kappa shape index (κ2) is 6.44. The SMILES string of the molecule is [O]CCCCCOCC1CCC1. The van der Waals surface area contributed by atoms with Crippen LogP contribution in [-0.4, -0.2) is 19.8 Å². The Hall–Kier alpha value is -0.0800. The third-order valence-electron chi connectivity index (χ3n) is 2.51. The van der Waals surface area contributed by atoms with Gasteiger partial charge in [0.1, 0.15) is 0 Å². The monoisotopic (exact) mass is 171 g/mol. The van der Waals surface area contributed by atoms with Gasteiger partial charge in [-0.3, -0.25) is 0 Å². The van der Waals surface area contributed by atoms with E-state index in [1.165, 1.54) is 19.3 Å². The zero-order valence-electron chi connectivity index (χ0n) is 7.76. The first-order chi connectivity index (χ1) is 5.93. The fourth-order valence-electron chi connectivity index (χ4n) is 1.39. The Kier molecular flexibility index (Phi) is 5.37. The highest BCUT2D eigenvalue weighted by molar-refractivity contribution is 4.68. The predicted octanol–water partition coefficient (Wildman–Crippen LogP) is 2.40. The minimum atomic E-state index is 0.0720. The lowest BCUT2D eigenvalue weighted by atomic mass is 9.86. The fraction of sp³-hybridized carbons (Fsp3) is 1.00. The molecular formula is C10H19O2. The molecule has 0 atom stereocenters. The molecule has 0 aromatic rings. The Bertz CT molecular complexity index is 100. The van der Waals surface area contributed by atoms with Crippen molar-refractivity contribution in [2.24, 2.45) is 5.92 Å². The van der Waals surface area contributed by atoms with Gasteiger partial charge in [-0.15, -0.1) is 0 Å². The molecule has 1 radical (unpaired) electrons. The molecule has 1 aliphatic carbocycles. The largest absolute Gasteiger partial charge is 0.381 e. The number of rotatable bonds is 7. The van der Waals surface area contributed by atoms with E-state index >= 15 is 0 Å². The maximum Gasteiger partial charge on any atom is 0.0822 e. The first-order valence-electron chi connectivity index (χ1n) is 5.09. The van der Waals surface area contributed by atoms with E-state index in [2.05, 4.69) is 0 Å². The van der Waals surface area contributed by atoms with Crippen molar-refractivity contribution in [1.29, 1.82) is 0 Å². The molecule has 1 rings (SSSR count). The second-order valence-corrected chi connectivity index (χ2v) is 3.64. The summed E-state index contributed by atoms with van der Waals surface area (Å²) in [5, 5.41) is 10.1. The maximum absolute atomic E-state index is 10.1. The van der Waals surface area contributed by atoms with E-state index in [-0.39, 0.29) is 6.61 Å². The Labute approximate surface area is 74.9 Å². The summed E-state index contributed by atoms with van der Waals surface area (Å²) in [6.07, 6.45) is 7.03. The van der Waals surface area contributed by atoms with E-state index in [9.17, 15) is 5.11 Å². The molecule has 71 valence electrons. The van der Waals surface area contributed by atoms with Crippen LogP contribution in [0.3, 0.4) is 0 Å². The molecule has 0 spiro atoms. The average molecular weight is 171 g/mol. The van der Waals surface area contributed by atoms with E-state index in [1.807, 2.05) is 0 Å². The predicted molar refractivity (Wildman–Crippen MR) is 47.6 cm³/mol. The molecule has 0 amide bonds. The topological polar surface area (TPSA) is 29.1 Å². The van der Waals surface area contributed by atoms with Gasteiger partial charge >= 0.3 is 0 Å². The molecular weight excluding hydrogens is 152 g/mol. The molecule has 0 saturated heterocycles. The molecule has 0 heterocycles. The van der Waals surface area contributed by atoms with Crippen LogP contribution in [0.1, 0.15) is 38.5 Å². The normalized spacial score (nSPS) is 17.8. The van der Waals surface area contributed by atoms with Gasteiger partial charge < -0.3 is 4.74 Å². The van der Waals surface area contributed by atoms with E-state index < -0.39 is 0 Å². The first kappa shape index (κ1) is 10.0. The molecule has 0 bridgehead atoms. The molecule has 0 unspecified atom stereocenters. The van der Waals surface area contributed by atoms with Gasteiger partial charge in [-0.1, -0.05) is 6.42 Å². The summed E-state index contributed by atoms with van der Waals surface area (Å²) in [7, 11) is 0. The molecule has 2 heteroatoms. The van der Waals surface area contributed by atoms with Crippen LogP contribution < -0.4 is 0 Å². The highest BCUT2D eigenvalue weighted by atomic mass is 16.5. The maximum atomic E-state index is 10.1. The van der Waals surface area contributed by atoms with Gasteiger partial charge in [0, 0.05) is 13.2 Å². The number of unbranched alkanes of at least 4 members (excludes halogenated alkanes) is 2. The lowest BCUT2D eigenvalue weighted by molar-refractivity contribution is 0.0667. The van der Waals surface area contributed by atoms with Crippen LogP contribution in [0.25, 0.3) is 0 Å². The summed E-state index contributed by atoms with van der Waals surface area (Å²) in [6.45, 7) is 1.89. The van der Waals surface area contributed by atoms with Crippen molar-refractivity contribution in [2.45, 2.75) is 38.5 Å². The third kappa shape index (κ3) is 4.07. The summed E-state index contributed by atoms with van der Waals surface area (Å²) >= 11 is 0. The quantitative estimate of drug-likeness (QED) is 0.541. The van der Waals surface area contributed by atoms with Crippen LogP contribution >= 0.6 is 0 Å². The molecule has 12 heavy (non-hydrogen) atoms. The molecule has 1 aliphatic rings. The van der Waals surface area contributed by atoms with Crippen LogP contribution in [0.5, 0.6) is 0 Å². The minimum absolute atomic E-state index is 0.0720.